The van der Waals surface area contributed by atoms with Crippen molar-refractivity contribution in [2.75, 3.05) is 5.32 Å². The van der Waals surface area contributed by atoms with E-state index < -0.39 is 5.91 Å². The van der Waals surface area contributed by atoms with Gasteiger partial charge in [-0.15, -0.1) is 0 Å². The molecule has 3 rings (SSSR count). The number of carbonyl (C=O) groups excluding carboxylic acids is 2. The minimum absolute atomic E-state index is 0.0803. The third kappa shape index (κ3) is 5.25. The molecule has 4 N–H and O–H groups in total. The van der Waals surface area contributed by atoms with Gasteiger partial charge in [0.2, 0.25) is 11.9 Å². The molecule has 0 spiro atoms. The lowest BCUT2D eigenvalue weighted by Gasteiger charge is -2.15. The van der Waals surface area contributed by atoms with Crippen molar-refractivity contribution in [3.8, 4) is 11.3 Å². The molecule has 0 bridgehead atoms. The van der Waals surface area contributed by atoms with Gasteiger partial charge in [0.05, 0.1) is 5.69 Å². The molecule has 0 saturated heterocycles. The third-order valence-electron chi connectivity index (χ3n) is 5.25. The van der Waals surface area contributed by atoms with Crippen molar-refractivity contribution in [1.82, 2.24) is 15.3 Å². The predicted octanol–water partition coefficient (Wildman–Crippen LogP) is 4.21. The van der Waals surface area contributed by atoms with Gasteiger partial charge in [-0.2, -0.15) is 0 Å². The Morgan fingerprint density at radius 2 is 1.74 bits per heavy atom. The summed E-state index contributed by atoms with van der Waals surface area (Å²) in [5, 5.41) is 6.18. The highest BCUT2D eigenvalue weighted by Crippen LogP contribution is 2.25. The number of hydrogen-bond donors (Lipinski definition) is 3. The first-order chi connectivity index (χ1) is 14.9. The van der Waals surface area contributed by atoms with Gasteiger partial charge in [-0.1, -0.05) is 26.0 Å². The maximum absolute atomic E-state index is 12.4. The summed E-state index contributed by atoms with van der Waals surface area (Å²) in [6.07, 6.45) is 3.45. The van der Waals surface area contributed by atoms with Crippen LogP contribution in [0, 0.1) is 6.92 Å². The number of carbonyl (C=O) groups is 2. The second-order valence-electron chi connectivity index (χ2n) is 7.30. The van der Waals surface area contributed by atoms with E-state index in [1.165, 1.54) is 0 Å². The van der Waals surface area contributed by atoms with Gasteiger partial charge in [0.15, 0.2) is 0 Å². The van der Waals surface area contributed by atoms with E-state index >= 15 is 0 Å². The summed E-state index contributed by atoms with van der Waals surface area (Å²) < 4.78 is 0. The highest BCUT2D eigenvalue weighted by atomic mass is 16.2. The molecule has 0 saturated carbocycles. The van der Waals surface area contributed by atoms with Crippen molar-refractivity contribution in [2.45, 2.75) is 39.7 Å². The quantitative estimate of drug-likeness (QED) is 0.508. The van der Waals surface area contributed by atoms with E-state index in [0.717, 1.165) is 29.7 Å². The molecular formula is C24H27N5O2. The Morgan fingerprint density at radius 1 is 1.03 bits per heavy atom. The Kier molecular flexibility index (Phi) is 6.97. The van der Waals surface area contributed by atoms with Gasteiger partial charge in [-0.05, 0) is 61.7 Å². The van der Waals surface area contributed by atoms with E-state index in [2.05, 4.69) is 34.4 Å². The normalized spacial score (nSPS) is 10.7. The van der Waals surface area contributed by atoms with Gasteiger partial charge in [-0.3, -0.25) is 9.59 Å². The predicted molar refractivity (Wildman–Crippen MR) is 122 cm³/mol. The minimum Gasteiger partial charge on any atom is -0.366 e. The molecule has 0 aliphatic heterocycles. The molecule has 0 aliphatic rings. The topological polar surface area (TPSA) is 110 Å². The van der Waals surface area contributed by atoms with Crippen LogP contribution < -0.4 is 16.4 Å². The first kappa shape index (κ1) is 22.0. The van der Waals surface area contributed by atoms with E-state index in [1.807, 2.05) is 25.1 Å². The fraction of sp³-hybridized carbons (Fsp3) is 0.250. The van der Waals surface area contributed by atoms with Crippen LogP contribution in [-0.2, 0) is 0 Å². The molecular weight excluding hydrogens is 390 g/mol. The average molecular weight is 418 g/mol. The molecule has 0 aliphatic carbocycles. The summed E-state index contributed by atoms with van der Waals surface area (Å²) in [6.45, 7) is 5.96. The van der Waals surface area contributed by atoms with Gasteiger partial charge >= 0.3 is 0 Å². The van der Waals surface area contributed by atoms with Crippen LogP contribution in [0.1, 0.15) is 53.0 Å². The van der Waals surface area contributed by atoms with Gasteiger partial charge < -0.3 is 16.4 Å². The molecule has 2 aromatic carbocycles. The first-order valence-electron chi connectivity index (χ1n) is 10.3. The molecule has 3 aromatic rings. The maximum atomic E-state index is 12.4. The minimum atomic E-state index is -0.472. The largest absolute Gasteiger partial charge is 0.366 e. The maximum Gasteiger partial charge on any atom is 0.251 e. The van der Waals surface area contributed by atoms with Crippen molar-refractivity contribution in [2.24, 2.45) is 5.73 Å². The Bertz CT molecular complexity index is 1080. The zero-order chi connectivity index (χ0) is 22.4. The monoisotopic (exact) mass is 417 g/mol. The first-order valence-corrected chi connectivity index (χ1v) is 10.3. The Labute approximate surface area is 182 Å². The molecule has 31 heavy (non-hydrogen) atoms. The zero-order valence-corrected chi connectivity index (χ0v) is 18.0. The highest BCUT2D eigenvalue weighted by Gasteiger charge is 2.13. The summed E-state index contributed by atoms with van der Waals surface area (Å²) in [4.78, 5) is 32.8. The van der Waals surface area contributed by atoms with Crippen LogP contribution in [0.2, 0.25) is 0 Å². The van der Waals surface area contributed by atoms with E-state index in [1.54, 1.807) is 36.5 Å². The van der Waals surface area contributed by atoms with Gasteiger partial charge in [-0.25, -0.2) is 9.97 Å². The van der Waals surface area contributed by atoms with E-state index in [-0.39, 0.29) is 11.9 Å². The van der Waals surface area contributed by atoms with Gasteiger partial charge in [0, 0.05) is 34.6 Å². The highest BCUT2D eigenvalue weighted by molar-refractivity contribution is 5.96. The zero-order valence-electron chi connectivity index (χ0n) is 18.0. The van der Waals surface area contributed by atoms with Crippen LogP contribution in [-0.4, -0.2) is 27.8 Å². The summed E-state index contributed by atoms with van der Waals surface area (Å²) in [6, 6.07) is 14.5. The molecule has 7 heteroatoms. The fourth-order valence-corrected chi connectivity index (χ4v) is 3.34. The summed E-state index contributed by atoms with van der Waals surface area (Å²) in [5.74, 6) is -0.140. The lowest BCUT2D eigenvalue weighted by molar-refractivity contribution is 0.0934. The van der Waals surface area contributed by atoms with Crippen molar-refractivity contribution in [1.29, 1.82) is 0 Å². The van der Waals surface area contributed by atoms with E-state index in [0.29, 0.717) is 22.8 Å². The lowest BCUT2D eigenvalue weighted by atomic mass is 9.99. The number of amides is 2. The summed E-state index contributed by atoms with van der Waals surface area (Å²) in [5.41, 5.74) is 9.55. The second-order valence-corrected chi connectivity index (χ2v) is 7.30. The number of nitrogens with two attached hydrogens (primary N) is 1. The van der Waals surface area contributed by atoms with E-state index in [4.69, 9.17) is 5.73 Å². The number of nitrogens with one attached hydrogen (secondary N) is 2. The van der Waals surface area contributed by atoms with Gasteiger partial charge in [0.25, 0.3) is 5.91 Å². The molecule has 0 unspecified atom stereocenters. The van der Waals surface area contributed by atoms with Crippen molar-refractivity contribution in [3.63, 3.8) is 0 Å². The standard InChI is InChI=1S/C24H27N5O2/c1-4-17(5-2)27-23(31)16-9-11-18(12-10-16)28-24-26-14-13-21(29-24)19-7-6-8-20(15(19)3)22(25)30/h6-14,17H,4-5H2,1-3H3,(H2,25,30)(H,27,31)(H,26,28,29). The number of anilines is 2. The van der Waals surface area contributed by atoms with Crippen molar-refractivity contribution >= 4 is 23.5 Å². The summed E-state index contributed by atoms with van der Waals surface area (Å²) >= 11 is 0. The Morgan fingerprint density at radius 3 is 2.39 bits per heavy atom. The van der Waals surface area contributed by atoms with Gasteiger partial charge in [0.1, 0.15) is 0 Å². The van der Waals surface area contributed by atoms with E-state index in [9.17, 15) is 9.59 Å². The molecule has 1 aromatic heterocycles. The van der Waals surface area contributed by atoms with Crippen LogP contribution in [0.25, 0.3) is 11.3 Å². The number of rotatable bonds is 8. The molecule has 1 heterocycles. The van der Waals surface area contributed by atoms with Crippen LogP contribution in [0.4, 0.5) is 11.6 Å². The number of benzene rings is 2. The number of primary amides is 1. The van der Waals surface area contributed by atoms with Crippen LogP contribution >= 0.6 is 0 Å². The van der Waals surface area contributed by atoms with Crippen LogP contribution in [0.5, 0.6) is 0 Å². The molecule has 0 fully saturated rings. The van der Waals surface area contributed by atoms with Crippen molar-refractivity contribution < 1.29 is 9.59 Å². The molecule has 2 amide bonds. The fourth-order valence-electron chi connectivity index (χ4n) is 3.34. The number of nitrogens with zero attached hydrogens (tertiary/aromatic N) is 2. The lowest BCUT2D eigenvalue weighted by Crippen LogP contribution is -2.33. The van der Waals surface area contributed by atoms with Crippen LogP contribution in [0.15, 0.2) is 54.7 Å². The second kappa shape index (κ2) is 9.84. The smallest absolute Gasteiger partial charge is 0.251 e. The molecule has 160 valence electrons. The number of hydrogen-bond acceptors (Lipinski definition) is 5. The third-order valence-corrected chi connectivity index (χ3v) is 5.25. The van der Waals surface area contributed by atoms with Crippen LogP contribution in [0.3, 0.4) is 0 Å². The Balaban J connectivity index is 1.77. The average Bonchev–Trinajstić information content (AvgIpc) is 2.78. The molecule has 7 nitrogen and oxygen atoms in total. The van der Waals surface area contributed by atoms with Crippen molar-refractivity contribution in [3.05, 3.63) is 71.4 Å². The molecule has 0 atom stereocenters. The molecule has 0 radical (unpaired) electrons. The summed E-state index contributed by atoms with van der Waals surface area (Å²) in [7, 11) is 0. The SMILES string of the molecule is CCC(CC)NC(=O)c1ccc(Nc2nccc(-c3cccc(C(N)=O)c3C)n2)cc1. The number of aromatic nitrogens is 2. The Hall–Kier alpha value is -3.74.